The van der Waals surface area contributed by atoms with Crippen LogP contribution in [0, 0.1) is 0 Å². The van der Waals surface area contributed by atoms with Crippen molar-refractivity contribution in [2.45, 2.75) is 65.0 Å². The van der Waals surface area contributed by atoms with Crippen LogP contribution in [0.3, 0.4) is 0 Å². The Labute approximate surface area is 172 Å². The van der Waals surface area contributed by atoms with Crippen LogP contribution in [0.1, 0.15) is 71.1 Å². The van der Waals surface area contributed by atoms with Crippen molar-refractivity contribution >= 4 is 17.2 Å². The highest BCUT2D eigenvalue weighted by Crippen LogP contribution is 2.30. The van der Waals surface area contributed by atoms with Crippen molar-refractivity contribution in [3.63, 3.8) is 0 Å². The first-order valence-electron chi connectivity index (χ1n) is 10.8. The second kappa shape index (κ2) is 9.19. The number of hydrogen-bond acceptors (Lipinski definition) is 4. The highest BCUT2D eigenvalue weighted by Gasteiger charge is 2.26. The van der Waals surface area contributed by atoms with E-state index >= 15 is 0 Å². The summed E-state index contributed by atoms with van der Waals surface area (Å²) in [6.45, 7) is 6.83. The number of amides is 1. The Morgan fingerprint density at radius 1 is 1.11 bits per heavy atom. The maximum Gasteiger partial charge on any atom is 0.254 e. The SMILES string of the molecule is CCc1ccc(CN2CCc3c(C(=O)N4CCCCCCC4)csc3C2)nc1. The molecule has 2 aromatic heterocycles. The standard InChI is InChI=1S/C23H31N3OS/c1-2-18-8-9-19(24-14-18)15-25-13-10-20-21(17-28-22(20)16-25)23(27)26-11-6-4-3-5-7-12-26/h8-9,14,17H,2-7,10-13,15-16H2,1H3. The summed E-state index contributed by atoms with van der Waals surface area (Å²) in [6.07, 6.45) is 10.1. The molecule has 4 heterocycles. The van der Waals surface area contributed by atoms with Gasteiger partial charge in [0, 0.05) is 49.2 Å². The van der Waals surface area contributed by atoms with E-state index in [0.717, 1.165) is 69.7 Å². The van der Waals surface area contributed by atoms with E-state index in [1.807, 2.05) is 6.20 Å². The van der Waals surface area contributed by atoms with Crippen molar-refractivity contribution in [2.75, 3.05) is 19.6 Å². The number of nitrogens with zero attached hydrogens (tertiary/aromatic N) is 3. The smallest absolute Gasteiger partial charge is 0.254 e. The molecule has 1 amide bonds. The summed E-state index contributed by atoms with van der Waals surface area (Å²) in [7, 11) is 0. The molecule has 0 radical (unpaired) electrons. The molecule has 0 saturated carbocycles. The molecule has 2 aliphatic heterocycles. The summed E-state index contributed by atoms with van der Waals surface area (Å²) in [4.78, 5) is 23.7. The second-order valence-electron chi connectivity index (χ2n) is 8.08. The predicted molar refractivity (Wildman–Crippen MR) is 115 cm³/mol. The number of pyridine rings is 1. The lowest BCUT2D eigenvalue weighted by Gasteiger charge is -2.28. The molecular formula is C23H31N3OS. The molecule has 1 saturated heterocycles. The van der Waals surface area contributed by atoms with Crippen LogP contribution >= 0.6 is 11.3 Å². The largest absolute Gasteiger partial charge is 0.339 e. The fourth-order valence-corrected chi connectivity index (χ4v) is 5.42. The highest BCUT2D eigenvalue weighted by atomic mass is 32.1. The maximum absolute atomic E-state index is 13.1. The van der Waals surface area contributed by atoms with Gasteiger partial charge >= 0.3 is 0 Å². The van der Waals surface area contributed by atoms with Gasteiger partial charge in [0.1, 0.15) is 0 Å². The minimum atomic E-state index is 0.268. The van der Waals surface area contributed by atoms with Crippen LogP contribution in [0.25, 0.3) is 0 Å². The molecular weight excluding hydrogens is 366 g/mol. The van der Waals surface area contributed by atoms with E-state index in [1.54, 1.807) is 11.3 Å². The first-order valence-corrected chi connectivity index (χ1v) is 11.7. The molecule has 1 fully saturated rings. The third kappa shape index (κ3) is 4.47. The molecule has 4 rings (SSSR count). The van der Waals surface area contributed by atoms with Crippen LogP contribution in [0.4, 0.5) is 0 Å². The van der Waals surface area contributed by atoms with Gasteiger partial charge < -0.3 is 4.90 Å². The number of thiophene rings is 1. The Bertz CT molecular complexity index is 791. The third-order valence-electron chi connectivity index (χ3n) is 6.08. The lowest BCUT2D eigenvalue weighted by atomic mass is 10.0. The monoisotopic (exact) mass is 397 g/mol. The molecule has 2 aromatic rings. The Morgan fingerprint density at radius 2 is 1.89 bits per heavy atom. The van der Waals surface area contributed by atoms with Gasteiger partial charge in [0.15, 0.2) is 0 Å². The molecule has 28 heavy (non-hydrogen) atoms. The number of rotatable bonds is 4. The number of carbonyl (C=O) groups excluding carboxylic acids is 1. The molecule has 5 heteroatoms. The van der Waals surface area contributed by atoms with Crippen LogP contribution < -0.4 is 0 Å². The zero-order chi connectivity index (χ0) is 19.3. The summed E-state index contributed by atoms with van der Waals surface area (Å²) in [5.74, 6) is 0.268. The molecule has 0 unspecified atom stereocenters. The van der Waals surface area contributed by atoms with Crippen molar-refractivity contribution in [3.8, 4) is 0 Å². The first kappa shape index (κ1) is 19.6. The van der Waals surface area contributed by atoms with E-state index in [9.17, 15) is 4.79 Å². The predicted octanol–water partition coefficient (Wildman–Crippen LogP) is 4.67. The number of hydrogen-bond donors (Lipinski definition) is 0. The van der Waals surface area contributed by atoms with Gasteiger partial charge in [-0.3, -0.25) is 14.7 Å². The van der Waals surface area contributed by atoms with Gasteiger partial charge in [0.25, 0.3) is 5.91 Å². The van der Waals surface area contributed by atoms with E-state index in [1.165, 1.54) is 35.3 Å². The molecule has 0 atom stereocenters. The number of aromatic nitrogens is 1. The van der Waals surface area contributed by atoms with Crippen LogP contribution in [0.2, 0.25) is 0 Å². The Kier molecular flexibility index (Phi) is 6.43. The Balaban J connectivity index is 1.41. The van der Waals surface area contributed by atoms with E-state index in [2.05, 4.69) is 39.2 Å². The van der Waals surface area contributed by atoms with Gasteiger partial charge in [-0.2, -0.15) is 0 Å². The number of likely N-dealkylation sites (tertiary alicyclic amines) is 1. The van der Waals surface area contributed by atoms with E-state index < -0.39 is 0 Å². The minimum absolute atomic E-state index is 0.268. The van der Waals surface area contributed by atoms with Crippen molar-refractivity contribution in [2.24, 2.45) is 0 Å². The van der Waals surface area contributed by atoms with Gasteiger partial charge in [-0.25, -0.2) is 0 Å². The molecule has 0 N–H and O–H groups in total. The molecule has 4 nitrogen and oxygen atoms in total. The van der Waals surface area contributed by atoms with Gasteiger partial charge in [-0.05, 0) is 42.9 Å². The van der Waals surface area contributed by atoms with Crippen molar-refractivity contribution in [3.05, 3.63) is 51.0 Å². The highest BCUT2D eigenvalue weighted by molar-refractivity contribution is 7.10. The number of fused-ring (bicyclic) bond motifs is 1. The second-order valence-corrected chi connectivity index (χ2v) is 9.05. The molecule has 150 valence electrons. The van der Waals surface area contributed by atoms with Gasteiger partial charge in [0.2, 0.25) is 0 Å². The average molecular weight is 398 g/mol. The molecule has 0 aromatic carbocycles. The maximum atomic E-state index is 13.1. The van der Waals surface area contributed by atoms with Crippen LogP contribution in [-0.4, -0.2) is 40.3 Å². The van der Waals surface area contributed by atoms with E-state index in [4.69, 9.17) is 0 Å². The lowest BCUT2D eigenvalue weighted by Crippen LogP contribution is -2.35. The topological polar surface area (TPSA) is 36.4 Å². The third-order valence-corrected chi connectivity index (χ3v) is 7.09. The fourth-order valence-electron chi connectivity index (χ4n) is 4.30. The van der Waals surface area contributed by atoms with E-state index in [0.29, 0.717) is 0 Å². The summed E-state index contributed by atoms with van der Waals surface area (Å²) in [5, 5.41) is 2.11. The summed E-state index contributed by atoms with van der Waals surface area (Å²) in [5.41, 5.74) is 4.71. The van der Waals surface area contributed by atoms with Crippen molar-refractivity contribution < 1.29 is 4.79 Å². The zero-order valence-electron chi connectivity index (χ0n) is 17.0. The summed E-state index contributed by atoms with van der Waals surface area (Å²) < 4.78 is 0. The minimum Gasteiger partial charge on any atom is -0.339 e. The van der Waals surface area contributed by atoms with Crippen molar-refractivity contribution in [1.82, 2.24) is 14.8 Å². The number of aryl methyl sites for hydroxylation is 1. The van der Waals surface area contributed by atoms with E-state index in [-0.39, 0.29) is 5.91 Å². The van der Waals surface area contributed by atoms with Crippen LogP contribution in [-0.2, 0) is 25.9 Å². The Hall–Kier alpha value is -1.72. The molecule has 2 aliphatic rings. The molecule has 0 bridgehead atoms. The van der Waals surface area contributed by atoms with Gasteiger partial charge in [-0.15, -0.1) is 11.3 Å². The lowest BCUT2D eigenvalue weighted by molar-refractivity contribution is 0.0741. The van der Waals surface area contributed by atoms with Crippen LogP contribution in [0.15, 0.2) is 23.7 Å². The summed E-state index contributed by atoms with van der Waals surface area (Å²) >= 11 is 1.76. The normalized spacial score (nSPS) is 18.4. The quantitative estimate of drug-likeness (QED) is 0.752. The zero-order valence-corrected chi connectivity index (χ0v) is 17.8. The summed E-state index contributed by atoms with van der Waals surface area (Å²) in [6, 6.07) is 4.34. The number of carbonyl (C=O) groups is 1. The average Bonchev–Trinajstić information content (AvgIpc) is 3.11. The van der Waals surface area contributed by atoms with Crippen molar-refractivity contribution in [1.29, 1.82) is 0 Å². The van der Waals surface area contributed by atoms with Crippen LogP contribution in [0.5, 0.6) is 0 Å². The molecule has 0 spiro atoms. The molecule has 0 aliphatic carbocycles. The Morgan fingerprint density at radius 3 is 2.61 bits per heavy atom. The van der Waals surface area contributed by atoms with Gasteiger partial charge in [-0.1, -0.05) is 32.3 Å². The first-order chi connectivity index (χ1) is 13.7. The van der Waals surface area contributed by atoms with Gasteiger partial charge in [0.05, 0.1) is 11.3 Å². The fraction of sp³-hybridized carbons (Fsp3) is 0.565.